The summed E-state index contributed by atoms with van der Waals surface area (Å²) in [5.74, 6) is 3.45. The van der Waals surface area contributed by atoms with Gasteiger partial charge < -0.3 is 10.6 Å². The number of hydrogen-bond donors (Lipinski definition) is 2. The summed E-state index contributed by atoms with van der Waals surface area (Å²) in [6, 6.07) is -0.0828. The zero-order valence-corrected chi connectivity index (χ0v) is 10.8. The molecule has 1 atom stereocenters. The van der Waals surface area contributed by atoms with E-state index in [1.807, 2.05) is 0 Å². The Balaban J connectivity index is 2.17. The molecule has 1 rings (SSSR count). The van der Waals surface area contributed by atoms with Crippen LogP contribution in [0.3, 0.4) is 0 Å². The molecule has 0 aromatic carbocycles. The summed E-state index contributed by atoms with van der Waals surface area (Å²) in [6.07, 6.45) is 11.3. The molecule has 96 valence electrons. The summed E-state index contributed by atoms with van der Waals surface area (Å²) in [4.78, 5) is 11.7. The van der Waals surface area contributed by atoms with E-state index in [0.29, 0.717) is 12.3 Å². The molecule has 0 bridgehead atoms. The van der Waals surface area contributed by atoms with Crippen molar-refractivity contribution in [1.29, 1.82) is 0 Å². The first-order valence-electron chi connectivity index (χ1n) is 6.72. The predicted octanol–water partition coefficient (Wildman–Crippen LogP) is 1.68. The number of hydrogen-bond acceptors (Lipinski definition) is 2. The lowest BCUT2D eigenvalue weighted by Crippen LogP contribution is -2.34. The van der Waals surface area contributed by atoms with Crippen LogP contribution >= 0.6 is 0 Å². The maximum Gasteiger partial charge on any atom is 0.220 e. The molecule has 1 saturated heterocycles. The molecule has 1 unspecified atom stereocenters. The van der Waals surface area contributed by atoms with Crippen molar-refractivity contribution in [3.8, 4) is 12.3 Å². The maximum atomic E-state index is 11.7. The lowest BCUT2D eigenvalue weighted by Gasteiger charge is -2.22. The third kappa shape index (κ3) is 5.74. The van der Waals surface area contributed by atoms with Crippen molar-refractivity contribution in [2.75, 3.05) is 13.1 Å². The van der Waals surface area contributed by atoms with Crippen LogP contribution in [0.25, 0.3) is 0 Å². The maximum absolute atomic E-state index is 11.7. The Morgan fingerprint density at radius 3 is 2.82 bits per heavy atom. The number of carbonyl (C=O) groups excluding carboxylic acids is 1. The number of terminal acetylenes is 1. The Morgan fingerprint density at radius 1 is 1.53 bits per heavy atom. The molecule has 1 aliphatic heterocycles. The lowest BCUT2D eigenvalue weighted by atomic mass is 9.93. The zero-order valence-electron chi connectivity index (χ0n) is 10.8. The van der Waals surface area contributed by atoms with Crippen LogP contribution < -0.4 is 10.6 Å². The van der Waals surface area contributed by atoms with Crippen molar-refractivity contribution in [1.82, 2.24) is 10.6 Å². The number of carbonyl (C=O) groups is 1. The molecule has 2 N–H and O–H groups in total. The second kappa shape index (κ2) is 8.14. The number of amides is 1. The number of nitrogens with one attached hydrogen (secondary N) is 2. The third-order valence-electron chi connectivity index (χ3n) is 3.35. The first-order chi connectivity index (χ1) is 8.26. The van der Waals surface area contributed by atoms with Gasteiger partial charge in [-0.1, -0.05) is 19.3 Å². The molecule has 0 saturated carbocycles. The SMILES string of the molecule is C#CC(CCC)NC(=O)CCC1CCNCC1. The van der Waals surface area contributed by atoms with Gasteiger partial charge in [0.1, 0.15) is 0 Å². The monoisotopic (exact) mass is 236 g/mol. The van der Waals surface area contributed by atoms with Crippen molar-refractivity contribution < 1.29 is 4.79 Å². The highest BCUT2D eigenvalue weighted by atomic mass is 16.1. The van der Waals surface area contributed by atoms with Gasteiger partial charge in [-0.15, -0.1) is 6.42 Å². The molecule has 17 heavy (non-hydrogen) atoms. The average Bonchev–Trinajstić information content (AvgIpc) is 2.37. The Kier molecular flexibility index (Phi) is 6.73. The minimum atomic E-state index is -0.0828. The van der Waals surface area contributed by atoms with Gasteiger partial charge in [0.25, 0.3) is 0 Å². The van der Waals surface area contributed by atoms with E-state index in [0.717, 1.165) is 32.4 Å². The molecule has 0 aromatic rings. The summed E-state index contributed by atoms with van der Waals surface area (Å²) in [7, 11) is 0. The van der Waals surface area contributed by atoms with Gasteiger partial charge in [0.05, 0.1) is 6.04 Å². The van der Waals surface area contributed by atoms with E-state index in [9.17, 15) is 4.79 Å². The van der Waals surface area contributed by atoms with Crippen molar-refractivity contribution in [3.63, 3.8) is 0 Å². The van der Waals surface area contributed by atoms with Crippen LogP contribution in [-0.2, 0) is 4.79 Å². The van der Waals surface area contributed by atoms with Crippen molar-refractivity contribution in [2.45, 2.75) is 51.5 Å². The normalized spacial score (nSPS) is 18.4. The highest BCUT2D eigenvalue weighted by Gasteiger charge is 2.15. The number of rotatable bonds is 6. The van der Waals surface area contributed by atoms with Gasteiger partial charge >= 0.3 is 0 Å². The highest BCUT2D eigenvalue weighted by molar-refractivity contribution is 5.76. The molecule has 3 heteroatoms. The quantitative estimate of drug-likeness (QED) is 0.689. The molecule has 1 aliphatic rings. The van der Waals surface area contributed by atoms with Crippen LogP contribution in [-0.4, -0.2) is 25.0 Å². The molecule has 1 amide bonds. The van der Waals surface area contributed by atoms with Crippen LogP contribution in [0.15, 0.2) is 0 Å². The summed E-state index contributed by atoms with van der Waals surface area (Å²) >= 11 is 0. The van der Waals surface area contributed by atoms with Crippen LogP contribution in [0.1, 0.15) is 45.4 Å². The molecule has 1 fully saturated rings. The van der Waals surface area contributed by atoms with E-state index in [1.54, 1.807) is 0 Å². The molecule has 0 radical (unpaired) electrons. The van der Waals surface area contributed by atoms with Gasteiger partial charge in [-0.05, 0) is 44.7 Å². The van der Waals surface area contributed by atoms with E-state index in [1.165, 1.54) is 12.8 Å². The Morgan fingerprint density at radius 2 is 2.24 bits per heavy atom. The molecular formula is C14H24N2O. The summed E-state index contributed by atoms with van der Waals surface area (Å²) in [6.45, 7) is 4.26. The smallest absolute Gasteiger partial charge is 0.220 e. The fourth-order valence-electron chi connectivity index (χ4n) is 2.26. The molecular weight excluding hydrogens is 212 g/mol. The second-order valence-electron chi connectivity index (χ2n) is 4.81. The van der Waals surface area contributed by atoms with Crippen LogP contribution in [0.2, 0.25) is 0 Å². The van der Waals surface area contributed by atoms with Crippen LogP contribution in [0.4, 0.5) is 0 Å². The molecule has 0 aliphatic carbocycles. The topological polar surface area (TPSA) is 41.1 Å². The van der Waals surface area contributed by atoms with E-state index in [2.05, 4.69) is 23.5 Å². The average molecular weight is 236 g/mol. The minimum absolute atomic E-state index is 0.0828. The third-order valence-corrected chi connectivity index (χ3v) is 3.35. The minimum Gasteiger partial charge on any atom is -0.342 e. The van der Waals surface area contributed by atoms with Crippen LogP contribution in [0, 0.1) is 18.3 Å². The van der Waals surface area contributed by atoms with E-state index in [-0.39, 0.29) is 11.9 Å². The highest BCUT2D eigenvalue weighted by Crippen LogP contribution is 2.17. The summed E-state index contributed by atoms with van der Waals surface area (Å²) < 4.78 is 0. The first kappa shape index (κ1) is 14.1. The Labute approximate surface area is 105 Å². The first-order valence-corrected chi connectivity index (χ1v) is 6.72. The molecule has 0 aromatic heterocycles. The summed E-state index contributed by atoms with van der Waals surface area (Å²) in [5, 5.41) is 6.25. The van der Waals surface area contributed by atoms with E-state index >= 15 is 0 Å². The molecule has 1 heterocycles. The zero-order chi connectivity index (χ0) is 12.5. The van der Waals surface area contributed by atoms with E-state index < -0.39 is 0 Å². The van der Waals surface area contributed by atoms with Gasteiger partial charge in [0.2, 0.25) is 5.91 Å². The number of piperidine rings is 1. The van der Waals surface area contributed by atoms with Gasteiger partial charge in [0.15, 0.2) is 0 Å². The van der Waals surface area contributed by atoms with Gasteiger partial charge in [-0.2, -0.15) is 0 Å². The van der Waals surface area contributed by atoms with Gasteiger partial charge in [-0.25, -0.2) is 0 Å². The summed E-state index contributed by atoms with van der Waals surface area (Å²) in [5.41, 5.74) is 0. The second-order valence-corrected chi connectivity index (χ2v) is 4.81. The largest absolute Gasteiger partial charge is 0.342 e. The fraction of sp³-hybridized carbons (Fsp3) is 0.786. The molecule has 3 nitrogen and oxygen atoms in total. The van der Waals surface area contributed by atoms with Crippen molar-refractivity contribution >= 4 is 5.91 Å². The van der Waals surface area contributed by atoms with Crippen LogP contribution in [0.5, 0.6) is 0 Å². The predicted molar refractivity (Wildman–Crippen MR) is 70.5 cm³/mol. The van der Waals surface area contributed by atoms with Crippen molar-refractivity contribution in [3.05, 3.63) is 0 Å². The van der Waals surface area contributed by atoms with E-state index in [4.69, 9.17) is 6.42 Å². The lowest BCUT2D eigenvalue weighted by molar-refractivity contribution is -0.121. The van der Waals surface area contributed by atoms with Crippen molar-refractivity contribution in [2.24, 2.45) is 5.92 Å². The Hall–Kier alpha value is -1.01. The fourth-order valence-corrected chi connectivity index (χ4v) is 2.26. The molecule has 0 spiro atoms. The van der Waals surface area contributed by atoms with Gasteiger partial charge in [0, 0.05) is 6.42 Å². The Bertz CT molecular complexity index is 264. The van der Waals surface area contributed by atoms with Gasteiger partial charge in [-0.3, -0.25) is 4.79 Å². The standard InChI is InChI=1S/C14H24N2O/c1-3-5-13(4-2)16-14(17)7-6-12-8-10-15-11-9-12/h2,12-13,15H,3,5-11H2,1H3,(H,16,17).